The van der Waals surface area contributed by atoms with Crippen LogP contribution >= 0.6 is 11.3 Å². The number of nitrogens with zero attached hydrogens (tertiary/aromatic N) is 1. The van der Waals surface area contributed by atoms with E-state index in [2.05, 4.69) is 0 Å². The second kappa shape index (κ2) is 9.00. The average Bonchev–Trinajstić information content (AvgIpc) is 3.16. The average molecular weight is 357 g/mol. The van der Waals surface area contributed by atoms with Crippen molar-refractivity contribution in [3.8, 4) is 11.8 Å². The van der Waals surface area contributed by atoms with Crippen molar-refractivity contribution < 1.29 is 19.1 Å². The molecule has 1 aromatic carbocycles. The number of nitriles is 1. The molecule has 0 radical (unpaired) electrons. The van der Waals surface area contributed by atoms with Gasteiger partial charge in [0.05, 0.1) is 19.8 Å². The highest BCUT2D eigenvalue weighted by Gasteiger charge is 2.33. The van der Waals surface area contributed by atoms with E-state index in [1.54, 1.807) is 38.3 Å². The van der Waals surface area contributed by atoms with E-state index >= 15 is 0 Å². The highest BCUT2D eigenvalue weighted by atomic mass is 32.1. The first kappa shape index (κ1) is 18.7. The van der Waals surface area contributed by atoms with E-state index in [0.29, 0.717) is 11.3 Å². The van der Waals surface area contributed by atoms with Crippen LogP contribution in [0.1, 0.15) is 34.5 Å². The number of thiophene rings is 1. The fourth-order valence-electron chi connectivity index (χ4n) is 2.52. The summed E-state index contributed by atoms with van der Waals surface area (Å²) in [6.07, 6.45) is 0.0594. The lowest BCUT2D eigenvalue weighted by Crippen LogP contribution is -2.25. The Morgan fingerprint density at radius 2 is 1.96 bits per heavy atom. The summed E-state index contributed by atoms with van der Waals surface area (Å²) in [6.45, 7) is 1.88. The molecule has 5 nitrogen and oxygen atoms in total. The van der Waals surface area contributed by atoms with Crippen molar-refractivity contribution >= 4 is 23.1 Å². The Morgan fingerprint density at radius 3 is 2.48 bits per heavy atom. The molecule has 0 N–H and O–H groups in total. The number of carbonyl (C=O) groups is 2. The van der Waals surface area contributed by atoms with Gasteiger partial charge in [-0.05, 0) is 42.6 Å². The Hall–Kier alpha value is -2.65. The van der Waals surface area contributed by atoms with Crippen molar-refractivity contribution in [2.45, 2.75) is 19.3 Å². The van der Waals surface area contributed by atoms with Gasteiger partial charge < -0.3 is 9.47 Å². The molecule has 2 atom stereocenters. The molecule has 0 aliphatic carbocycles. The van der Waals surface area contributed by atoms with Crippen LogP contribution in [0.3, 0.4) is 0 Å². The fraction of sp³-hybridized carbons (Fsp3) is 0.316. The van der Waals surface area contributed by atoms with Gasteiger partial charge in [0.1, 0.15) is 5.75 Å². The Bertz CT molecular complexity index is 747. The summed E-state index contributed by atoms with van der Waals surface area (Å²) in [5.74, 6) is -1.61. The molecule has 130 valence electrons. The quantitative estimate of drug-likeness (QED) is 0.530. The van der Waals surface area contributed by atoms with Gasteiger partial charge in [-0.15, -0.1) is 11.3 Å². The van der Waals surface area contributed by atoms with Crippen LogP contribution in [-0.4, -0.2) is 25.5 Å². The molecule has 0 saturated carbocycles. The largest absolute Gasteiger partial charge is 0.497 e. The van der Waals surface area contributed by atoms with Gasteiger partial charge in [0, 0.05) is 22.8 Å². The van der Waals surface area contributed by atoms with E-state index in [1.807, 2.05) is 23.6 Å². The number of Topliss-reactive ketones (excluding diaryl/α,β-unsaturated/α-hetero) is 1. The minimum Gasteiger partial charge on any atom is -0.497 e. The molecule has 0 fully saturated rings. The minimum absolute atomic E-state index is 0.0594. The summed E-state index contributed by atoms with van der Waals surface area (Å²) in [6, 6.07) is 12.5. The number of methoxy groups -OCH3 is 1. The second-order valence-electron chi connectivity index (χ2n) is 5.34. The normalized spacial score (nSPS) is 12.7. The Balaban J connectivity index is 2.25. The summed E-state index contributed by atoms with van der Waals surface area (Å²) in [7, 11) is 1.56. The number of ether oxygens (including phenoxy) is 2. The maximum atomic E-state index is 12.7. The molecule has 0 aliphatic heterocycles. The maximum absolute atomic E-state index is 12.7. The summed E-state index contributed by atoms with van der Waals surface area (Å²) in [5.41, 5.74) is 0.517. The molecule has 0 saturated heterocycles. The van der Waals surface area contributed by atoms with Crippen molar-refractivity contribution in [2.75, 3.05) is 13.7 Å². The molecular formula is C19H19NO4S. The summed E-state index contributed by atoms with van der Waals surface area (Å²) in [5, 5.41) is 11.3. The first-order chi connectivity index (χ1) is 12.1. The van der Waals surface area contributed by atoms with Gasteiger partial charge in [0.15, 0.2) is 11.7 Å². The topological polar surface area (TPSA) is 76.4 Å². The number of rotatable bonds is 8. The monoisotopic (exact) mass is 357 g/mol. The summed E-state index contributed by atoms with van der Waals surface area (Å²) in [4.78, 5) is 25.6. The van der Waals surface area contributed by atoms with Gasteiger partial charge in [0.25, 0.3) is 0 Å². The van der Waals surface area contributed by atoms with Crippen molar-refractivity contribution in [1.29, 1.82) is 5.26 Å². The molecule has 25 heavy (non-hydrogen) atoms. The first-order valence-electron chi connectivity index (χ1n) is 7.87. The zero-order valence-electron chi connectivity index (χ0n) is 14.1. The fourth-order valence-corrected chi connectivity index (χ4v) is 3.38. The Morgan fingerprint density at radius 1 is 1.24 bits per heavy atom. The highest BCUT2D eigenvalue weighted by Crippen LogP contribution is 2.33. The first-order valence-corrected chi connectivity index (χ1v) is 8.75. The van der Waals surface area contributed by atoms with Crippen LogP contribution in [0.15, 0.2) is 41.8 Å². The molecule has 0 aliphatic rings. The van der Waals surface area contributed by atoms with Crippen LogP contribution in [0.5, 0.6) is 5.75 Å². The molecule has 1 heterocycles. The summed E-state index contributed by atoms with van der Waals surface area (Å²) < 4.78 is 10.1. The molecular weight excluding hydrogens is 338 g/mol. The number of hydrogen-bond acceptors (Lipinski definition) is 6. The van der Waals surface area contributed by atoms with E-state index in [0.717, 1.165) is 4.88 Å². The molecule has 1 aromatic heterocycles. The van der Waals surface area contributed by atoms with Crippen LogP contribution in [0.2, 0.25) is 0 Å². The number of carbonyl (C=O) groups excluding carboxylic acids is 2. The molecule has 0 spiro atoms. The summed E-state index contributed by atoms with van der Waals surface area (Å²) >= 11 is 1.42. The predicted molar refractivity (Wildman–Crippen MR) is 94.7 cm³/mol. The number of benzene rings is 1. The zero-order chi connectivity index (χ0) is 18.2. The number of esters is 1. The maximum Gasteiger partial charge on any atom is 0.324 e. The predicted octanol–water partition coefficient (Wildman–Crippen LogP) is 3.82. The minimum atomic E-state index is -1.01. The van der Waals surface area contributed by atoms with Crippen LogP contribution in [-0.2, 0) is 9.53 Å². The molecule has 2 aromatic rings. The SMILES string of the molecule is CCOC(=O)C(C#N)C(CC(=O)c1ccc(OC)cc1)c1cccs1. The number of ketones is 1. The third-order valence-corrected chi connectivity index (χ3v) is 4.81. The van der Waals surface area contributed by atoms with Crippen molar-refractivity contribution in [3.63, 3.8) is 0 Å². The van der Waals surface area contributed by atoms with Crippen molar-refractivity contribution in [1.82, 2.24) is 0 Å². The third-order valence-electron chi connectivity index (χ3n) is 3.81. The van der Waals surface area contributed by atoms with Crippen molar-refractivity contribution in [2.24, 2.45) is 5.92 Å². The van der Waals surface area contributed by atoms with Gasteiger partial charge in [-0.25, -0.2) is 0 Å². The Labute approximate surface area is 150 Å². The van der Waals surface area contributed by atoms with E-state index in [9.17, 15) is 14.9 Å². The van der Waals surface area contributed by atoms with E-state index in [-0.39, 0.29) is 18.8 Å². The second-order valence-corrected chi connectivity index (χ2v) is 6.32. The lowest BCUT2D eigenvalue weighted by atomic mass is 9.86. The number of hydrogen-bond donors (Lipinski definition) is 0. The molecule has 2 unspecified atom stereocenters. The molecule has 0 amide bonds. The van der Waals surface area contributed by atoms with Gasteiger partial charge in [-0.3, -0.25) is 9.59 Å². The molecule has 0 bridgehead atoms. The zero-order valence-corrected chi connectivity index (χ0v) is 14.9. The van der Waals surface area contributed by atoms with Gasteiger partial charge in [0.2, 0.25) is 0 Å². The lowest BCUT2D eigenvalue weighted by molar-refractivity contribution is -0.146. The molecule has 2 rings (SSSR count). The van der Waals surface area contributed by atoms with E-state index in [1.165, 1.54) is 11.3 Å². The van der Waals surface area contributed by atoms with Crippen LogP contribution < -0.4 is 4.74 Å². The standard InChI is InChI=1S/C19H19NO4S/c1-3-24-19(22)16(12-20)15(18-5-4-10-25-18)11-17(21)13-6-8-14(23-2)9-7-13/h4-10,15-16H,3,11H2,1-2H3. The van der Waals surface area contributed by atoms with Crippen LogP contribution in [0.25, 0.3) is 0 Å². The lowest BCUT2D eigenvalue weighted by Gasteiger charge is -2.19. The van der Waals surface area contributed by atoms with Crippen molar-refractivity contribution in [3.05, 3.63) is 52.2 Å². The van der Waals surface area contributed by atoms with Gasteiger partial charge in [-0.1, -0.05) is 6.07 Å². The van der Waals surface area contributed by atoms with Gasteiger partial charge in [-0.2, -0.15) is 5.26 Å². The van der Waals surface area contributed by atoms with E-state index in [4.69, 9.17) is 9.47 Å². The van der Waals surface area contributed by atoms with Crippen LogP contribution in [0, 0.1) is 17.2 Å². The molecule has 6 heteroatoms. The van der Waals surface area contributed by atoms with E-state index < -0.39 is 17.8 Å². The van der Waals surface area contributed by atoms with Crippen LogP contribution in [0.4, 0.5) is 0 Å². The van der Waals surface area contributed by atoms with Gasteiger partial charge >= 0.3 is 5.97 Å². The third kappa shape index (κ3) is 4.68. The Kier molecular flexibility index (Phi) is 6.72. The smallest absolute Gasteiger partial charge is 0.324 e. The highest BCUT2D eigenvalue weighted by molar-refractivity contribution is 7.10.